The lowest BCUT2D eigenvalue weighted by Gasteiger charge is -2.05. The highest BCUT2D eigenvalue weighted by atomic mass is 35.5. The van der Waals surface area contributed by atoms with Crippen molar-refractivity contribution in [3.63, 3.8) is 0 Å². The quantitative estimate of drug-likeness (QED) is 0.128. The summed E-state index contributed by atoms with van der Waals surface area (Å²) in [6.45, 7) is 7.03. The molecule has 0 unspecified atom stereocenters. The third-order valence-corrected chi connectivity index (χ3v) is 8.60. The van der Waals surface area contributed by atoms with E-state index in [9.17, 15) is 0 Å². The second kappa shape index (κ2) is 27.6. The van der Waals surface area contributed by atoms with Gasteiger partial charge in [-0.1, -0.05) is 122 Å². The molecule has 0 fully saturated rings. The standard InChI is InChI=1S/C26H55S.ClH/c1-4-7-8-9-10-11-12-13-14-15-16-17-18-19-20-21-22-23-24-25-26-27(5-2)6-3;/h4-26H2,1-3H3;1H/q+1;/p-1. The average Bonchev–Trinajstić information content (AvgIpc) is 2.69. The van der Waals surface area contributed by atoms with Crippen molar-refractivity contribution in [1.82, 2.24) is 0 Å². The third-order valence-electron chi connectivity index (χ3n) is 6.10. The molecular formula is C26H55ClS. The van der Waals surface area contributed by atoms with Crippen LogP contribution in [0, 0.1) is 0 Å². The maximum atomic E-state index is 2.36. The number of halogens is 1. The van der Waals surface area contributed by atoms with Gasteiger partial charge in [0.2, 0.25) is 0 Å². The lowest BCUT2D eigenvalue weighted by Crippen LogP contribution is -3.00. The van der Waals surface area contributed by atoms with Gasteiger partial charge in [-0.25, -0.2) is 0 Å². The van der Waals surface area contributed by atoms with Crippen LogP contribution in [0.5, 0.6) is 0 Å². The van der Waals surface area contributed by atoms with Gasteiger partial charge in [-0.05, 0) is 37.6 Å². The predicted octanol–water partition coefficient (Wildman–Crippen LogP) is 6.47. The molecule has 0 amide bonds. The van der Waals surface area contributed by atoms with E-state index in [1.54, 1.807) is 0 Å². The van der Waals surface area contributed by atoms with E-state index in [1.165, 1.54) is 146 Å². The maximum Gasteiger partial charge on any atom is 0.108 e. The Morgan fingerprint density at radius 3 is 0.857 bits per heavy atom. The van der Waals surface area contributed by atoms with E-state index in [0.717, 1.165) is 10.9 Å². The Morgan fingerprint density at radius 1 is 0.357 bits per heavy atom. The van der Waals surface area contributed by atoms with Crippen LogP contribution in [0.4, 0.5) is 0 Å². The first kappa shape index (κ1) is 30.8. The van der Waals surface area contributed by atoms with E-state index >= 15 is 0 Å². The van der Waals surface area contributed by atoms with Gasteiger partial charge in [-0.3, -0.25) is 0 Å². The van der Waals surface area contributed by atoms with Crippen LogP contribution in [0.25, 0.3) is 0 Å². The summed E-state index contributed by atoms with van der Waals surface area (Å²) in [6.07, 6.45) is 29.6. The van der Waals surface area contributed by atoms with E-state index < -0.39 is 0 Å². The van der Waals surface area contributed by atoms with E-state index in [-0.39, 0.29) is 12.4 Å². The second-order valence-electron chi connectivity index (χ2n) is 8.61. The molecular weight excluding hydrogens is 380 g/mol. The van der Waals surface area contributed by atoms with E-state index in [0.29, 0.717) is 0 Å². The molecule has 0 nitrogen and oxygen atoms in total. The van der Waals surface area contributed by atoms with Crippen LogP contribution in [0.3, 0.4) is 0 Å². The Balaban J connectivity index is 0. The highest BCUT2D eigenvalue weighted by molar-refractivity contribution is 7.96. The molecule has 0 bridgehead atoms. The fraction of sp³-hybridized carbons (Fsp3) is 1.00. The smallest absolute Gasteiger partial charge is 0.108 e. The molecule has 0 saturated heterocycles. The minimum absolute atomic E-state index is 0. The van der Waals surface area contributed by atoms with Gasteiger partial charge in [0.1, 0.15) is 17.3 Å². The maximum absolute atomic E-state index is 2.36. The van der Waals surface area contributed by atoms with Gasteiger partial charge >= 0.3 is 0 Å². The second-order valence-corrected chi connectivity index (χ2v) is 11.4. The fourth-order valence-electron chi connectivity index (χ4n) is 4.05. The number of hydrogen-bond donors (Lipinski definition) is 0. The van der Waals surface area contributed by atoms with Crippen LogP contribution >= 0.6 is 0 Å². The molecule has 0 aromatic heterocycles. The normalized spacial score (nSPS) is 11.1. The molecule has 0 heterocycles. The zero-order chi connectivity index (χ0) is 19.8. The van der Waals surface area contributed by atoms with Crippen molar-refractivity contribution >= 4 is 10.9 Å². The average molecular weight is 435 g/mol. The van der Waals surface area contributed by atoms with Gasteiger partial charge in [0, 0.05) is 0 Å². The molecule has 0 aliphatic carbocycles. The summed E-state index contributed by atoms with van der Waals surface area (Å²) in [7, 11) is 0.742. The van der Waals surface area contributed by atoms with Crippen molar-refractivity contribution < 1.29 is 12.4 Å². The molecule has 0 aromatic rings. The van der Waals surface area contributed by atoms with Gasteiger partial charge in [0.15, 0.2) is 0 Å². The highest BCUT2D eigenvalue weighted by Gasteiger charge is 2.10. The van der Waals surface area contributed by atoms with E-state index in [4.69, 9.17) is 0 Å². The first-order chi connectivity index (χ1) is 13.3. The van der Waals surface area contributed by atoms with Crippen molar-refractivity contribution in [3.8, 4) is 0 Å². The minimum Gasteiger partial charge on any atom is -1.00 e. The fourth-order valence-corrected chi connectivity index (χ4v) is 5.65. The van der Waals surface area contributed by atoms with Gasteiger partial charge in [0.25, 0.3) is 0 Å². The number of rotatable bonds is 23. The highest BCUT2D eigenvalue weighted by Crippen LogP contribution is 2.15. The van der Waals surface area contributed by atoms with Gasteiger partial charge in [0.05, 0.1) is 0 Å². The molecule has 28 heavy (non-hydrogen) atoms. The van der Waals surface area contributed by atoms with Crippen molar-refractivity contribution in [2.45, 2.75) is 149 Å². The van der Waals surface area contributed by atoms with Crippen molar-refractivity contribution in [2.75, 3.05) is 17.3 Å². The van der Waals surface area contributed by atoms with Crippen molar-refractivity contribution in [1.29, 1.82) is 0 Å². The van der Waals surface area contributed by atoms with Crippen LogP contribution in [0.1, 0.15) is 149 Å². The van der Waals surface area contributed by atoms with Crippen molar-refractivity contribution in [2.24, 2.45) is 0 Å². The molecule has 0 aromatic carbocycles. The number of hydrogen-bond acceptors (Lipinski definition) is 0. The third kappa shape index (κ3) is 24.7. The molecule has 0 aliphatic rings. The van der Waals surface area contributed by atoms with Crippen LogP contribution in [0.2, 0.25) is 0 Å². The van der Waals surface area contributed by atoms with Crippen LogP contribution in [0.15, 0.2) is 0 Å². The summed E-state index contributed by atoms with van der Waals surface area (Å²) in [4.78, 5) is 0. The summed E-state index contributed by atoms with van der Waals surface area (Å²) >= 11 is 0. The predicted molar refractivity (Wildman–Crippen MR) is 131 cm³/mol. The zero-order valence-corrected chi connectivity index (χ0v) is 21.6. The molecule has 0 saturated carbocycles. The lowest BCUT2D eigenvalue weighted by molar-refractivity contribution is -0.00000609. The largest absolute Gasteiger partial charge is 1.00 e. The molecule has 0 rings (SSSR count). The van der Waals surface area contributed by atoms with Gasteiger partial charge in [-0.15, -0.1) is 0 Å². The van der Waals surface area contributed by atoms with Gasteiger partial charge < -0.3 is 12.4 Å². The first-order valence-corrected chi connectivity index (χ1v) is 14.7. The topological polar surface area (TPSA) is 0 Å². The Labute approximate surface area is 189 Å². The lowest BCUT2D eigenvalue weighted by atomic mass is 10.0. The minimum atomic E-state index is 0. The monoisotopic (exact) mass is 434 g/mol. The summed E-state index contributed by atoms with van der Waals surface area (Å²) in [5.74, 6) is 4.33. The summed E-state index contributed by atoms with van der Waals surface area (Å²) in [5, 5.41) is 0. The Bertz CT molecular complexity index is 253. The Morgan fingerprint density at radius 2 is 0.607 bits per heavy atom. The van der Waals surface area contributed by atoms with E-state index in [1.807, 2.05) is 0 Å². The SMILES string of the molecule is CCCCCCCCCCCCCCCCCCCCCC[S+](CC)CC.[Cl-]. The Kier molecular flexibility index (Phi) is 30.4. The Hall–Kier alpha value is 0.640. The van der Waals surface area contributed by atoms with E-state index in [2.05, 4.69) is 20.8 Å². The summed E-state index contributed by atoms with van der Waals surface area (Å²) in [6, 6.07) is 0. The van der Waals surface area contributed by atoms with Crippen LogP contribution in [-0.4, -0.2) is 17.3 Å². The molecule has 0 aliphatic heterocycles. The van der Waals surface area contributed by atoms with Crippen LogP contribution < -0.4 is 12.4 Å². The molecule has 0 radical (unpaired) electrons. The van der Waals surface area contributed by atoms with Crippen molar-refractivity contribution in [3.05, 3.63) is 0 Å². The molecule has 2 heteroatoms. The molecule has 0 N–H and O–H groups in total. The number of unbranched alkanes of at least 4 members (excludes halogenated alkanes) is 19. The zero-order valence-electron chi connectivity index (χ0n) is 20.0. The summed E-state index contributed by atoms with van der Waals surface area (Å²) < 4.78 is 0. The van der Waals surface area contributed by atoms with Gasteiger partial charge in [-0.2, -0.15) is 0 Å². The first-order valence-electron chi connectivity index (χ1n) is 13.0. The molecule has 172 valence electrons. The van der Waals surface area contributed by atoms with Crippen LogP contribution in [-0.2, 0) is 10.9 Å². The molecule has 0 spiro atoms. The summed E-state index contributed by atoms with van der Waals surface area (Å²) in [5.41, 5.74) is 0. The molecule has 0 atom stereocenters.